The number of hydrogen-bond donors (Lipinski definition) is 0. The molecule has 0 aromatic carbocycles. The van der Waals surface area contributed by atoms with E-state index in [1.807, 2.05) is 0 Å². The lowest BCUT2D eigenvalue weighted by Gasteiger charge is -2.38. The molecule has 2 rings (SSSR count). The van der Waals surface area contributed by atoms with E-state index < -0.39 is 0 Å². The Morgan fingerprint density at radius 1 is 1.59 bits per heavy atom. The number of allylic oxidation sites excluding steroid dienone is 3. The number of fused-ring (bicyclic) bond motifs is 1. The zero-order valence-electron chi connectivity index (χ0n) is 11.0. The van der Waals surface area contributed by atoms with Gasteiger partial charge >= 0.3 is 5.97 Å². The van der Waals surface area contributed by atoms with Crippen molar-refractivity contribution in [1.29, 1.82) is 0 Å². The Morgan fingerprint density at radius 3 is 3.06 bits per heavy atom. The van der Waals surface area contributed by atoms with Gasteiger partial charge in [-0.1, -0.05) is 24.6 Å². The maximum absolute atomic E-state index is 11.4. The summed E-state index contributed by atoms with van der Waals surface area (Å²) in [5.74, 6) is 0.352. The number of hydrogen-bond acceptors (Lipinski definition) is 2. The van der Waals surface area contributed by atoms with E-state index in [4.69, 9.17) is 4.74 Å². The molecule has 0 unspecified atom stereocenters. The zero-order chi connectivity index (χ0) is 12.5. The van der Waals surface area contributed by atoms with Crippen LogP contribution in [0.1, 0.15) is 46.5 Å². The minimum absolute atomic E-state index is 0.0278. The van der Waals surface area contributed by atoms with Crippen LogP contribution in [0.25, 0.3) is 0 Å². The number of esters is 1. The van der Waals surface area contributed by atoms with Gasteiger partial charge in [0.2, 0.25) is 0 Å². The zero-order valence-corrected chi connectivity index (χ0v) is 11.0. The molecule has 94 valence electrons. The number of carbonyl (C=O) groups excluding carboxylic acids is 1. The molecule has 17 heavy (non-hydrogen) atoms. The van der Waals surface area contributed by atoms with Gasteiger partial charge in [-0.25, -0.2) is 0 Å². The first-order chi connectivity index (χ1) is 8.01. The summed E-state index contributed by atoms with van der Waals surface area (Å²) < 4.78 is 5.35. The second kappa shape index (κ2) is 4.67. The van der Waals surface area contributed by atoms with Gasteiger partial charge in [-0.2, -0.15) is 0 Å². The fourth-order valence-electron chi connectivity index (χ4n) is 2.99. The van der Waals surface area contributed by atoms with Gasteiger partial charge in [0.15, 0.2) is 0 Å². The number of rotatable bonds is 3. The van der Waals surface area contributed by atoms with Gasteiger partial charge in [-0.3, -0.25) is 4.79 Å². The van der Waals surface area contributed by atoms with Crippen molar-refractivity contribution >= 4 is 5.97 Å². The summed E-state index contributed by atoms with van der Waals surface area (Å²) in [4.78, 5) is 11.4. The third-order valence-corrected chi connectivity index (χ3v) is 4.12. The lowest BCUT2D eigenvalue weighted by atomic mass is 9.66. The average Bonchev–Trinajstić information content (AvgIpc) is 2.60. The van der Waals surface area contributed by atoms with E-state index in [2.05, 4.69) is 39.0 Å². The van der Waals surface area contributed by atoms with Crippen LogP contribution in [0, 0.1) is 11.3 Å². The van der Waals surface area contributed by atoms with Gasteiger partial charge in [0.25, 0.3) is 0 Å². The molecule has 2 aliphatic rings. The Balaban J connectivity index is 2.06. The molecule has 0 amide bonds. The van der Waals surface area contributed by atoms with Gasteiger partial charge in [0, 0.05) is 5.92 Å². The van der Waals surface area contributed by atoms with Gasteiger partial charge < -0.3 is 4.74 Å². The van der Waals surface area contributed by atoms with E-state index in [1.54, 1.807) is 0 Å². The second-order valence-electron chi connectivity index (χ2n) is 5.87. The van der Waals surface area contributed by atoms with Crippen LogP contribution in [0.2, 0.25) is 0 Å². The van der Waals surface area contributed by atoms with Crippen LogP contribution >= 0.6 is 0 Å². The summed E-state index contributed by atoms with van der Waals surface area (Å²) in [6.07, 6.45) is 10.5. The molecule has 0 aromatic rings. The van der Waals surface area contributed by atoms with Crippen molar-refractivity contribution in [3.8, 4) is 0 Å². The highest BCUT2D eigenvalue weighted by Crippen LogP contribution is 2.47. The Labute approximate surface area is 104 Å². The van der Waals surface area contributed by atoms with Crippen LogP contribution in [0.5, 0.6) is 0 Å². The third kappa shape index (κ3) is 2.62. The van der Waals surface area contributed by atoms with Crippen LogP contribution in [0.3, 0.4) is 0 Å². The molecule has 1 heterocycles. The van der Waals surface area contributed by atoms with E-state index in [9.17, 15) is 4.79 Å². The summed E-state index contributed by atoms with van der Waals surface area (Å²) in [5, 5.41) is 0. The first-order valence-corrected chi connectivity index (χ1v) is 6.51. The number of ether oxygens (including phenoxy) is 1. The largest absolute Gasteiger partial charge is 0.458 e. The molecule has 1 aliphatic carbocycles. The Hall–Kier alpha value is -1.05. The lowest BCUT2D eigenvalue weighted by Crippen LogP contribution is -2.34. The monoisotopic (exact) mass is 234 g/mol. The van der Waals surface area contributed by atoms with Crippen molar-refractivity contribution in [3.05, 3.63) is 23.8 Å². The van der Waals surface area contributed by atoms with E-state index in [-0.39, 0.29) is 17.5 Å². The molecule has 1 fully saturated rings. The first kappa shape index (κ1) is 12.4. The molecular formula is C15H22O2. The first-order valence-electron chi connectivity index (χ1n) is 6.51. The molecule has 0 aromatic heterocycles. The predicted molar refractivity (Wildman–Crippen MR) is 68.5 cm³/mol. The standard InChI is InChI=1S/C15H22O2/c1-11(2)6-4-8-15(3)9-5-7-13-12(15)10-14(16)17-13/h5-7,12-13H,4,8-10H2,1-3H3/t12-,13-,15-/m0/s1. The van der Waals surface area contributed by atoms with Crippen LogP contribution in [0.15, 0.2) is 23.8 Å². The molecule has 0 spiro atoms. The highest BCUT2D eigenvalue weighted by atomic mass is 16.5. The van der Waals surface area contributed by atoms with Crippen molar-refractivity contribution in [2.45, 2.75) is 52.6 Å². The summed E-state index contributed by atoms with van der Waals surface area (Å²) >= 11 is 0. The number of carbonyl (C=O) groups is 1. The quantitative estimate of drug-likeness (QED) is 0.550. The molecule has 2 nitrogen and oxygen atoms in total. The van der Waals surface area contributed by atoms with Gasteiger partial charge in [-0.05, 0) is 44.6 Å². The van der Waals surface area contributed by atoms with Crippen LogP contribution in [0.4, 0.5) is 0 Å². The molecule has 1 saturated heterocycles. The lowest BCUT2D eigenvalue weighted by molar-refractivity contribution is -0.140. The molecule has 1 aliphatic heterocycles. The SMILES string of the molecule is CC(C)=CCC[C@@]1(C)CC=C[C@@H]2OC(=O)C[C@@H]21. The summed E-state index contributed by atoms with van der Waals surface area (Å²) in [7, 11) is 0. The summed E-state index contributed by atoms with van der Waals surface area (Å²) in [5.41, 5.74) is 1.59. The minimum Gasteiger partial charge on any atom is -0.458 e. The maximum atomic E-state index is 11.4. The fourth-order valence-corrected chi connectivity index (χ4v) is 2.99. The highest BCUT2D eigenvalue weighted by Gasteiger charge is 2.46. The smallest absolute Gasteiger partial charge is 0.306 e. The van der Waals surface area contributed by atoms with E-state index >= 15 is 0 Å². The molecule has 3 atom stereocenters. The third-order valence-electron chi connectivity index (χ3n) is 4.12. The van der Waals surface area contributed by atoms with Crippen molar-refractivity contribution in [2.75, 3.05) is 0 Å². The van der Waals surface area contributed by atoms with Crippen LogP contribution in [-0.2, 0) is 9.53 Å². The van der Waals surface area contributed by atoms with E-state index in [1.165, 1.54) is 5.57 Å². The molecule has 2 heteroatoms. The Morgan fingerprint density at radius 2 is 2.35 bits per heavy atom. The molecule has 0 N–H and O–H groups in total. The molecule has 0 saturated carbocycles. The topological polar surface area (TPSA) is 26.3 Å². The fraction of sp³-hybridized carbons (Fsp3) is 0.667. The van der Waals surface area contributed by atoms with Crippen molar-refractivity contribution in [3.63, 3.8) is 0 Å². The van der Waals surface area contributed by atoms with Crippen molar-refractivity contribution in [2.24, 2.45) is 11.3 Å². The van der Waals surface area contributed by atoms with Crippen LogP contribution in [-0.4, -0.2) is 12.1 Å². The summed E-state index contributed by atoms with van der Waals surface area (Å²) in [6.45, 7) is 6.57. The van der Waals surface area contributed by atoms with Gasteiger partial charge in [0.05, 0.1) is 6.42 Å². The van der Waals surface area contributed by atoms with Gasteiger partial charge in [0.1, 0.15) is 6.10 Å². The molecule has 0 bridgehead atoms. The maximum Gasteiger partial charge on any atom is 0.306 e. The second-order valence-corrected chi connectivity index (χ2v) is 5.87. The predicted octanol–water partition coefficient (Wildman–Crippen LogP) is 3.63. The van der Waals surface area contributed by atoms with E-state index in [0.717, 1.165) is 19.3 Å². The van der Waals surface area contributed by atoms with Crippen molar-refractivity contribution < 1.29 is 9.53 Å². The Kier molecular flexibility index (Phi) is 3.41. The average molecular weight is 234 g/mol. The molecule has 0 radical (unpaired) electrons. The molecular weight excluding hydrogens is 212 g/mol. The highest BCUT2D eigenvalue weighted by molar-refractivity contribution is 5.72. The van der Waals surface area contributed by atoms with Crippen molar-refractivity contribution in [1.82, 2.24) is 0 Å². The Bertz CT molecular complexity index is 363. The van der Waals surface area contributed by atoms with E-state index in [0.29, 0.717) is 12.3 Å². The van der Waals surface area contributed by atoms with Gasteiger partial charge in [-0.15, -0.1) is 0 Å². The summed E-state index contributed by atoms with van der Waals surface area (Å²) in [6, 6.07) is 0. The minimum atomic E-state index is -0.0278. The van der Waals surface area contributed by atoms with Crippen LogP contribution < -0.4 is 0 Å². The normalized spacial score (nSPS) is 35.4.